The zero-order valence-electron chi connectivity index (χ0n) is 10.6. The topological polar surface area (TPSA) is 18.5 Å². The number of hydrogen-bond acceptors (Lipinski definition) is 2. The highest BCUT2D eigenvalue weighted by molar-refractivity contribution is 5.43. The summed E-state index contributed by atoms with van der Waals surface area (Å²) in [6.07, 6.45) is 7.38. The number of ether oxygens (including phenoxy) is 2. The highest BCUT2D eigenvalue weighted by Gasteiger charge is 2.16. The molecule has 1 saturated carbocycles. The maximum atomic E-state index is 6.03. The second kappa shape index (κ2) is 5.95. The summed E-state index contributed by atoms with van der Waals surface area (Å²) in [6.45, 7) is 3.88. The molecular weight excluding hydrogens is 212 g/mol. The second-order valence-corrected chi connectivity index (χ2v) is 4.61. The van der Waals surface area contributed by atoms with E-state index < -0.39 is 0 Å². The van der Waals surface area contributed by atoms with Crippen LogP contribution in [0.25, 0.3) is 0 Å². The van der Waals surface area contributed by atoms with Crippen molar-refractivity contribution in [1.82, 2.24) is 0 Å². The molecule has 0 unspecified atom stereocenters. The Morgan fingerprint density at radius 1 is 1.18 bits per heavy atom. The van der Waals surface area contributed by atoms with Crippen LogP contribution in [-0.4, -0.2) is 13.2 Å². The first-order valence-corrected chi connectivity index (χ1v) is 6.46. The van der Waals surface area contributed by atoms with Gasteiger partial charge in [-0.2, -0.15) is 0 Å². The molecule has 0 atom stereocenters. The van der Waals surface area contributed by atoms with Gasteiger partial charge in [0.05, 0.1) is 13.2 Å². The van der Waals surface area contributed by atoms with Crippen molar-refractivity contribution in [2.45, 2.75) is 44.6 Å². The Hall–Kier alpha value is -1.18. The number of benzene rings is 1. The van der Waals surface area contributed by atoms with E-state index in [1.165, 1.54) is 37.7 Å². The van der Waals surface area contributed by atoms with E-state index in [2.05, 4.69) is 13.0 Å². The van der Waals surface area contributed by atoms with Crippen molar-refractivity contribution in [2.24, 2.45) is 0 Å². The van der Waals surface area contributed by atoms with Crippen LogP contribution in [0.3, 0.4) is 0 Å². The lowest BCUT2D eigenvalue weighted by atomic mass is 9.98. The standard InChI is InChI=1S/C15H21O2/c1-3-12-9-10-14(15(11-12)16-2)17-13-7-5-4-6-8-13/h9-11,13H,1,3-8H2,2H3. The fraction of sp³-hybridized carbons (Fsp3) is 0.533. The molecule has 1 aliphatic carbocycles. The summed E-state index contributed by atoms with van der Waals surface area (Å²) < 4.78 is 11.4. The van der Waals surface area contributed by atoms with Gasteiger partial charge in [0.2, 0.25) is 0 Å². The van der Waals surface area contributed by atoms with Gasteiger partial charge in [-0.25, -0.2) is 0 Å². The molecule has 1 aliphatic rings. The summed E-state index contributed by atoms with van der Waals surface area (Å²) in [5, 5.41) is 0. The van der Waals surface area contributed by atoms with E-state index in [4.69, 9.17) is 9.47 Å². The smallest absolute Gasteiger partial charge is 0.161 e. The van der Waals surface area contributed by atoms with Crippen LogP contribution in [0.15, 0.2) is 18.2 Å². The van der Waals surface area contributed by atoms with Crippen LogP contribution in [0, 0.1) is 6.92 Å². The molecule has 1 aromatic carbocycles. The zero-order valence-corrected chi connectivity index (χ0v) is 10.6. The lowest BCUT2D eigenvalue weighted by Crippen LogP contribution is -2.19. The molecule has 0 spiro atoms. The predicted molar refractivity (Wildman–Crippen MR) is 69.6 cm³/mol. The van der Waals surface area contributed by atoms with Gasteiger partial charge in [-0.3, -0.25) is 0 Å². The van der Waals surface area contributed by atoms with E-state index in [-0.39, 0.29) is 0 Å². The third-order valence-corrected chi connectivity index (χ3v) is 3.36. The maximum absolute atomic E-state index is 6.03. The van der Waals surface area contributed by atoms with Crippen LogP contribution in [0.4, 0.5) is 0 Å². The van der Waals surface area contributed by atoms with Gasteiger partial charge in [0, 0.05) is 0 Å². The zero-order chi connectivity index (χ0) is 12.1. The van der Waals surface area contributed by atoms with Crippen LogP contribution in [0.2, 0.25) is 0 Å². The average molecular weight is 233 g/mol. The largest absolute Gasteiger partial charge is 0.493 e. The van der Waals surface area contributed by atoms with Crippen molar-refractivity contribution in [3.8, 4) is 11.5 Å². The first-order chi connectivity index (χ1) is 8.33. The Kier molecular flexibility index (Phi) is 4.29. The van der Waals surface area contributed by atoms with Crippen LogP contribution in [0.1, 0.15) is 37.7 Å². The Morgan fingerprint density at radius 3 is 2.59 bits per heavy atom. The molecule has 2 nitrogen and oxygen atoms in total. The third-order valence-electron chi connectivity index (χ3n) is 3.36. The Labute approximate surface area is 104 Å². The molecule has 93 valence electrons. The molecule has 0 amide bonds. The summed E-state index contributed by atoms with van der Waals surface area (Å²) in [6, 6.07) is 6.09. The van der Waals surface area contributed by atoms with Crippen molar-refractivity contribution in [1.29, 1.82) is 0 Å². The highest BCUT2D eigenvalue weighted by atomic mass is 16.5. The van der Waals surface area contributed by atoms with E-state index in [9.17, 15) is 0 Å². The SMILES string of the molecule is [CH2]Cc1ccc(OC2CCCCC2)c(OC)c1. The maximum Gasteiger partial charge on any atom is 0.161 e. The molecular formula is C15H21O2. The normalized spacial score (nSPS) is 16.8. The number of methoxy groups -OCH3 is 1. The summed E-state index contributed by atoms with van der Waals surface area (Å²) in [4.78, 5) is 0. The lowest BCUT2D eigenvalue weighted by molar-refractivity contribution is 0.149. The fourth-order valence-electron chi connectivity index (χ4n) is 2.33. The van der Waals surface area contributed by atoms with Gasteiger partial charge in [0.25, 0.3) is 0 Å². The Morgan fingerprint density at radius 2 is 1.94 bits per heavy atom. The Balaban J connectivity index is 2.08. The van der Waals surface area contributed by atoms with E-state index in [1.807, 2.05) is 12.1 Å². The summed E-state index contributed by atoms with van der Waals surface area (Å²) in [5.74, 6) is 1.70. The summed E-state index contributed by atoms with van der Waals surface area (Å²) in [7, 11) is 1.69. The van der Waals surface area contributed by atoms with Gasteiger partial charge >= 0.3 is 0 Å². The number of rotatable bonds is 4. The van der Waals surface area contributed by atoms with E-state index in [0.717, 1.165) is 17.9 Å². The van der Waals surface area contributed by atoms with E-state index >= 15 is 0 Å². The quantitative estimate of drug-likeness (QED) is 0.788. The first kappa shape index (κ1) is 12.3. The predicted octanol–water partition coefficient (Wildman–Crippen LogP) is 3.78. The van der Waals surface area contributed by atoms with Crippen LogP contribution >= 0.6 is 0 Å². The molecule has 0 saturated heterocycles. The van der Waals surface area contributed by atoms with Crippen molar-refractivity contribution in [2.75, 3.05) is 7.11 Å². The van der Waals surface area contributed by atoms with Gasteiger partial charge in [0.15, 0.2) is 11.5 Å². The minimum absolute atomic E-state index is 0.364. The molecule has 0 heterocycles. The Bertz CT molecular complexity index is 354. The van der Waals surface area contributed by atoms with Crippen molar-refractivity contribution in [3.05, 3.63) is 30.7 Å². The van der Waals surface area contributed by atoms with Crippen LogP contribution in [0.5, 0.6) is 11.5 Å². The molecule has 0 aromatic heterocycles. The van der Waals surface area contributed by atoms with Crippen LogP contribution < -0.4 is 9.47 Å². The monoisotopic (exact) mass is 233 g/mol. The molecule has 0 aliphatic heterocycles. The first-order valence-electron chi connectivity index (χ1n) is 6.46. The molecule has 2 rings (SSSR count). The van der Waals surface area contributed by atoms with E-state index in [1.54, 1.807) is 7.11 Å². The molecule has 0 N–H and O–H groups in total. The average Bonchev–Trinajstić information content (AvgIpc) is 2.40. The van der Waals surface area contributed by atoms with Crippen LogP contribution in [-0.2, 0) is 6.42 Å². The van der Waals surface area contributed by atoms with Crippen molar-refractivity contribution in [3.63, 3.8) is 0 Å². The fourth-order valence-corrected chi connectivity index (χ4v) is 2.33. The second-order valence-electron chi connectivity index (χ2n) is 4.61. The summed E-state index contributed by atoms with van der Waals surface area (Å²) >= 11 is 0. The van der Waals surface area contributed by atoms with Crippen molar-refractivity contribution < 1.29 is 9.47 Å². The summed E-state index contributed by atoms with van der Waals surface area (Å²) in [5.41, 5.74) is 1.18. The van der Waals surface area contributed by atoms with Gasteiger partial charge in [-0.1, -0.05) is 12.5 Å². The highest BCUT2D eigenvalue weighted by Crippen LogP contribution is 2.31. The molecule has 2 heteroatoms. The molecule has 1 fully saturated rings. The van der Waals surface area contributed by atoms with Gasteiger partial charge in [0.1, 0.15) is 0 Å². The molecule has 1 aromatic rings. The molecule has 1 radical (unpaired) electrons. The van der Waals surface area contributed by atoms with Gasteiger partial charge in [-0.05, 0) is 56.7 Å². The minimum atomic E-state index is 0.364. The van der Waals surface area contributed by atoms with Gasteiger partial charge < -0.3 is 9.47 Å². The van der Waals surface area contributed by atoms with Gasteiger partial charge in [-0.15, -0.1) is 0 Å². The van der Waals surface area contributed by atoms with E-state index in [0.29, 0.717) is 6.10 Å². The molecule has 0 bridgehead atoms. The third kappa shape index (κ3) is 3.15. The minimum Gasteiger partial charge on any atom is -0.493 e. The number of hydrogen-bond donors (Lipinski definition) is 0. The van der Waals surface area contributed by atoms with Crippen molar-refractivity contribution >= 4 is 0 Å². The lowest BCUT2D eigenvalue weighted by Gasteiger charge is -2.24. The molecule has 17 heavy (non-hydrogen) atoms.